The monoisotopic (exact) mass is 421 g/mol. The molecule has 2 rings (SSSR count). The van der Waals surface area contributed by atoms with Crippen LogP contribution in [0.25, 0.3) is 0 Å². The number of ketones is 1. The summed E-state index contributed by atoms with van der Waals surface area (Å²) in [7, 11) is -3.13. The summed E-state index contributed by atoms with van der Waals surface area (Å²) in [5, 5.41) is 0. The molecule has 0 spiro atoms. The fraction of sp³-hybridized carbons (Fsp3) is 0.652. The third-order valence-electron chi connectivity index (χ3n) is 5.58. The van der Waals surface area contributed by atoms with E-state index in [9.17, 15) is 18.0 Å². The van der Waals surface area contributed by atoms with Gasteiger partial charge in [0.2, 0.25) is 5.91 Å². The van der Waals surface area contributed by atoms with Gasteiger partial charge in [-0.1, -0.05) is 38.1 Å². The molecular weight excluding hydrogens is 386 g/mol. The highest BCUT2D eigenvalue weighted by Gasteiger charge is 2.33. The molecule has 162 valence electrons. The summed E-state index contributed by atoms with van der Waals surface area (Å²) < 4.78 is 24.1. The van der Waals surface area contributed by atoms with Crippen LogP contribution in [0.5, 0.6) is 0 Å². The van der Waals surface area contributed by atoms with Crippen LogP contribution in [0.3, 0.4) is 0 Å². The van der Waals surface area contributed by atoms with Crippen molar-refractivity contribution in [1.82, 2.24) is 4.90 Å². The minimum Gasteiger partial charge on any atom is -0.342 e. The van der Waals surface area contributed by atoms with Crippen LogP contribution in [0.4, 0.5) is 0 Å². The summed E-state index contributed by atoms with van der Waals surface area (Å²) in [5.74, 6) is 0.831. The number of hydrogen-bond acceptors (Lipinski definition) is 4. The zero-order valence-electron chi connectivity index (χ0n) is 18.4. The molecule has 1 aromatic rings. The molecule has 1 aliphatic heterocycles. The van der Waals surface area contributed by atoms with Crippen molar-refractivity contribution in [2.24, 2.45) is 11.8 Å². The molecule has 0 radical (unpaired) electrons. The van der Waals surface area contributed by atoms with Crippen molar-refractivity contribution >= 4 is 21.5 Å². The van der Waals surface area contributed by atoms with Crippen LogP contribution in [0.1, 0.15) is 69.8 Å². The summed E-state index contributed by atoms with van der Waals surface area (Å²) >= 11 is 0. The lowest BCUT2D eigenvalue weighted by Gasteiger charge is -2.33. The van der Waals surface area contributed by atoms with Gasteiger partial charge in [-0.15, -0.1) is 0 Å². The molecule has 6 heteroatoms. The van der Waals surface area contributed by atoms with Crippen LogP contribution in [0, 0.1) is 11.8 Å². The Kier molecular flexibility index (Phi) is 7.66. The van der Waals surface area contributed by atoms with E-state index in [4.69, 9.17) is 0 Å². The molecular formula is C23H35NO4S. The van der Waals surface area contributed by atoms with Crippen LogP contribution in [-0.2, 0) is 21.1 Å². The topological polar surface area (TPSA) is 71.5 Å². The maximum atomic E-state index is 12.6. The Hall–Kier alpha value is -1.69. The van der Waals surface area contributed by atoms with Crippen molar-refractivity contribution in [3.05, 3.63) is 35.4 Å². The normalized spacial score (nSPS) is 16.3. The maximum Gasteiger partial charge on any atom is 0.226 e. The van der Waals surface area contributed by atoms with Gasteiger partial charge in [-0.05, 0) is 51.0 Å². The molecule has 1 aliphatic rings. The lowest BCUT2D eigenvalue weighted by Crippen LogP contribution is -2.42. The number of amides is 1. The SMILES string of the molecule is CC(C)CC(=O)c1ccc(CC(=O)N2CCC(CS(=O)(=O)C(C)(C)C)CC2)cc1. The molecule has 1 saturated heterocycles. The molecule has 1 aromatic carbocycles. The Bertz CT molecular complexity index is 811. The standard InChI is InChI=1S/C23H35NO4S/c1-17(2)14-21(25)20-8-6-18(7-9-20)15-22(26)24-12-10-19(11-13-24)16-29(27,28)23(3,4)5/h6-9,17,19H,10-16H2,1-5H3. The largest absolute Gasteiger partial charge is 0.342 e. The summed E-state index contributed by atoms with van der Waals surface area (Å²) in [6.07, 6.45) is 2.29. The number of likely N-dealkylation sites (tertiary alicyclic amines) is 1. The highest BCUT2D eigenvalue weighted by molar-refractivity contribution is 7.92. The highest BCUT2D eigenvalue weighted by atomic mass is 32.2. The van der Waals surface area contributed by atoms with E-state index in [-0.39, 0.29) is 23.4 Å². The number of nitrogens with zero attached hydrogens (tertiary/aromatic N) is 1. The molecule has 5 nitrogen and oxygen atoms in total. The molecule has 1 fully saturated rings. The van der Waals surface area contributed by atoms with Crippen LogP contribution in [-0.4, -0.2) is 48.6 Å². The van der Waals surface area contributed by atoms with Crippen molar-refractivity contribution in [2.75, 3.05) is 18.8 Å². The zero-order valence-corrected chi connectivity index (χ0v) is 19.2. The van der Waals surface area contributed by atoms with E-state index in [1.54, 1.807) is 32.9 Å². The molecule has 0 bridgehead atoms. The van der Waals surface area contributed by atoms with E-state index >= 15 is 0 Å². The fourth-order valence-corrected chi connectivity index (χ4v) is 4.95. The molecule has 0 saturated carbocycles. The lowest BCUT2D eigenvalue weighted by atomic mass is 9.97. The number of sulfone groups is 1. The van der Waals surface area contributed by atoms with Crippen LogP contribution < -0.4 is 0 Å². The van der Waals surface area contributed by atoms with Gasteiger partial charge in [-0.2, -0.15) is 0 Å². The minimum atomic E-state index is -3.13. The lowest BCUT2D eigenvalue weighted by molar-refractivity contribution is -0.131. The van der Waals surface area contributed by atoms with Crippen LogP contribution in [0.2, 0.25) is 0 Å². The zero-order chi connectivity index (χ0) is 21.8. The fourth-order valence-electron chi connectivity index (χ4n) is 3.49. The van der Waals surface area contributed by atoms with E-state index in [1.165, 1.54) is 0 Å². The Morgan fingerprint density at radius 3 is 2.10 bits per heavy atom. The second-order valence-electron chi connectivity index (χ2n) is 9.61. The van der Waals surface area contributed by atoms with Gasteiger partial charge in [0.1, 0.15) is 0 Å². The third kappa shape index (κ3) is 6.66. The Labute approximate surface area is 175 Å². The van der Waals surface area contributed by atoms with Crippen molar-refractivity contribution in [3.8, 4) is 0 Å². The van der Waals surface area contributed by atoms with Crippen molar-refractivity contribution in [2.45, 2.75) is 65.0 Å². The third-order valence-corrected chi connectivity index (χ3v) is 8.36. The van der Waals surface area contributed by atoms with E-state index < -0.39 is 14.6 Å². The first-order valence-corrected chi connectivity index (χ1v) is 12.2. The number of Topliss-reactive ketones (excluding diaryl/α,β-unsaturated/α-hetero) is 1. The summed E-state index contributed by atoms with van der Waals surface area (Å²) in [5.41, 5.74) is 1.59. The van der Waals surface area contributed by atoms with Crippen molar-refractivity contribution < 1.29 is 18.0 Å². The molecule has 0 N–H and O–H groups in total. The van der Waals surface area contributed by atoms with Crippen molar-refractivity contribution in [1.29, 1.82) is 0 Å². The first-order chi connectivity index (χ1) is 13.4. The highest BCUT2D eigenvalue weighted by Crippen LogP contribution is 2.25. The van der Waals surface area contributed by atoms with Gasteiger partial charge in [-0.25, -0.2) is 8.42 Å². The van der Waals surface area contributed by atoms with Gasteiger partial charge in [0.05, 0.1) is 16.9 Å². The second kappa shape index (κ2) is 9.41. The smallest absolute Gasteiger partial charge is 0.226 e. The molecule has 0 unspecified atom stereocenters. The molecule has 29 heavy (non-hydrogen) atoms. The first kappa shape index (κ1) is 23.6. The number of rotatable bonds is 7. The Morgan fingerprint density at radius 1 is 1.07 bits per heavy atom. The van der Waals surface area contributed by atoms with Gasteiger partial charge in [-0.3, -0.25) is 9.59 Å². The molecule has 1 heterocycles. The molecule has 0 aromatic heterocycles. The summed E-state index contributed by atoms with van der Waals surface area (Å²) in [6, 6.07) is 7.32. The van der Waals surface area contributed by atoms with E-state index in [0.29, 0.717) is 37.4 Å². The molecule has 0 aliphatic carbocycles. The number of benzene rings is 1. The number of piperidine rings is 1. The van der Waals surface area contributed by atoms with E-state index in [2.05, 4.69) is 0 Å². The predicted octanol–water partition coefficient (Wildman–Crippen LogP) is 3.91. The number of carbonyl (C=O) groups is 2. The van der Waals surface area contributed by atoms with Gasteiger partial charge in [0, 0.05) is 25.1 Å². The van der Waals surface area contributed by atoms with Gasteiger partial charge in [0.15, 0.2) is 15.6 Å². The van der Waals surface area contributed by atoms with Gasteiger partial charge in [0.25, 0.3) is 0 Å². The number of hydrogen-bond donors (Lipinski definition) is 0. The molecule has 0 atom stereocenters. The summed E-state index contributed by atoms with van der Waals surface area (Å²) in [6.45, 7) is 10.5. The molecule has 1 amide bonds. The first-order valence-electron chi connectivity index (χ1n) is 10.5. The van der Waals surface area contributed by atoms with Crippen molar-refractivity contribution in [3.63, 3.8) is 0 Å². The average Bonchev–Trinajstić information content (AvgIpc) is 2.61. The Morgan fingerprint density at radius 2 is 1.62 bits per heavy atom. The average molecular weight is 422 g/mol. The summed E-state index contributed by atoms with van der Waals surface area (Å²) in [4.78, 5) is 26.6. The van der Waals surface area contributed by atoms with Crippen LogP contribution in [0.15, 0.2) is 24.3 Å². The quantitative estimate of drug-likeness (QED) is 0.626. The Balaban J connectivity index is 1.86. The number of carbonyl (C=O) groups excluding carboxylic acids is 2. The maximum absolute atomic E-state index is 12.6. The van der Waals surface area contributed by atoms with Gasteiger partial charge >= 0.3 is 0 Å². The van der Waals surface area contributed by atoms with E-state index in [0.717, 1.165) is 18.4 Å². The second-order valence-corrected chi connectivity index (χ2v) is 12.4. The van der Waals surface area contributed by atoms with Crippen LogP contribution >= 0.6 is 0 Å². The van der Waals surface area contributed by atoms with Gasteiger partial charge < -0.3 is 4.90 Å². The predicted molar refractivity (Wildman–Crippen MR) is 117 cm³/mol. The van der Waals surface area contributed by atoms with E-state index in [1.807, 2.05) is 30.9 Å². The minimum absolute atomic E-state index is 0.0587.